The van der Waals surface area contributed by atoms with Crippen molar-refractivity contribution in [1.82, 2.24) is 0 Å². The Bertz CT molecular complexity index is 1140. The molecule has 33 heavy (non-hydrogen) atoms. The lowest BCUT2D eigenvalue weighted by atomic mass is 9.83. The maximum Gasteiger partial charge on any atom is 0.338 e. The molecular weight excluding hydrogens is 444 g/mol. The number of carbonyl (C=O) groups excluding carboxylic acids is 1. The van der Waals surface area contributed by atoms with E-state index in [1.165, 1.54) is 0 Å². The van der Waals surface area contributed by atoms with Crippen molar-refractivity contribution in [2.24, 2.45) is 5.73 Å². The average Bonchev–Trinajstić information content (AvgIpc) is 2.79. The molecule has 0 spiro atoms. The third-order valence-electron chi connectivity index (χ3n) is 4.99. The van der Waals surface area contributed by atoms with Gasteiger partial charge in [-0.05, 0) is 44.0 Å². The summed E-state index contributed by atoms with van der Waals surface area (Å²) in [6.45, 7) is 5.95. The van der Waals surface area contributed by atoms with E-state index in [0.717, 1.165) is 5.56 Å². The van der Waals surface area contributed by atoms with Gasteiger partial charge < -0.3 is 24.7 Å². The molecule has 3 rings (SSSR count). The van der Waals surface area contributed by atoms with Crippen molar-refractivity contribution in [1.29, 1.82) is 5.26 Å². The lowest BCUT2D eigenvalue weighted by Crippen LogP contribution is -2.25. The van der Waals surface area contributed by atoms with Crippen LogP contribution in [0.5, 0.6) is 11.5 Å². The number of rotatable bonds is 8. The lowest BCUT2D eigenvalue weighted by molar-refractivity contribution is -0.139. The number of nitrogens with zero attached hydrogens (tertiary/aromatic N) is 1. The van der Waals surface area contributed by atoms with Gasteiger partial charge in [-0.3, -0.25) is 0 Å². The smallest absolute Gasteiger partial charge is 0.338 e. The van der Waals surface area contributed by atoms with Crippen molar-refractivity contribution in [3.8, 4) is 17.6 Å². The Morgan fingerprint density at radius 3 is 2.55 bits per heavy atom. The Labute approximate surface area is 197 Å². The zero-order valence-electron chi connectivity index (χ0n) is 18.7. The maximum atomic E-state index is 12.8. The Morgan fingerprint density at radius 1 is 1.18 bits per heavy atom. The largest absolute Gasteiger partial charge is 0.490 e. The second-order valence-electron chi connectivity index (χ2n) is 7.15. The topological polar surface area (TPSA) is 104 Å². The Balaban J connectivity index is 2.08. The van der Waals surface area contributed by atoms with Gasteiger partial charge in [-0.15, -0.1) is 0 Å². The molecule has 172 valence electrons. The fourth-order valence-corrected chi connectivity index (χ4v) is 3.85. The van der Waals surface area contributed by atoms with Crippen LogP contribution in [-0.2, 0) is 20.9 Å². The zero-order valence-corrected chi connectivity index (χ0v) is 19.4. The highest BCUT2D eigenvalue weighted by Gasteiger charge is 2.37. The van der Waals surface area contributed by atoms with Gasteiger partial charge in [-0.25, -0.2) is 4.79 Å². The summed E-state index contributed by atoms with van der Waals surface area (Å²) in [4.78, 5) is 12.8. The second kappa shape index (κ2) is 10.8. The van der Waals surface area contributed by atoms with Crippen molar-refractivity contribution in [2.75, 3.05) is 13.2 Å². The van der Waals surface area contributed by atoms with E-state index in [4.69, 9.17) is 36.3 Å². The first-order valence-corrected chi connectivity index (χ1v) is 10.9. The molecule has 0 saturated heterocycles. The van der Waals surface area contributed by atoms with Crippen LogP contribution in [0.4, 0.5) is 0 Å². The Morgan fingerprint density at radius 2 is 1.91 bits per heavy atom. The minimum atomic E-state index is -0.831. The van der Waals surface area contributed by atoms with Crippen LogP contribution in [0.1, 0.15) is 37.8 Å². The summed E-state index contributed by atoms with van der Waals surface area (Å²) in [5, 5.41) is 10.1. The molecule has 0 fully saturated rings. The van der Waals surface area contributed by atoms with Gasteiger partial charge in [0.1, 0.15) is 24.0 Å². The molecule has 7 nitrogen and oxygen atoms in total. The van der Waals surface area contributed by atoms with Crippen LogP contribution in [0.3, 0.4) is 0 Å². The van der Waals surface area contributed by atoms with E-state index in [1.54, 1.807) is 26.0 Å². The molecule has 1 unspecified atom stereocenters. The Kier molecular flexibility index (Phi) is 7.86. The molecule has 2 N–H and O–H groups in total. The van der Waals surface area contributed by atoms with E-state index in [1.807, 2.05) is 37.3 Å². The van der Waals surface area contributed by atoms with Gasteiger partial charge in [0.25, 0.3) is 0 Å². The molecule has 0 radical (unpaired) electrons. The van der Waals surface area contributed by atoms with Gasteiger partial charge in [0.15, 0.2) is 11.5 Å². The molecule has 2 aromatic carbocycles. The molecule has 1 aliphatic heterocycles. The predicted octanol–water partition coefficient (Wildman–Crippen LogP) is 4.96. The molecule has 8 heteroatoms. The highest BCUT2D eigenvalue weighted by atomic mass is 35.5. The number of benzene rings is 2. The summed E-state index contributed by atoms with van der Waals surface area (Å²) in [7, 11) is 0. The molecule has 1 aliphatic rings. The van der Waals surface area contributed by atoms with Crippen LogP contribution in [0.15, 0.2) is 65.3 Å². The number of allylic oxidation sites excluding steroid dienone is 2. The first-order chi connectivity index (χ1) is 15.9. The van der Waals surface area contributed by atoms with E-state index in [0.29, 0.717) is 30.3 Å². The number of ether oxygens (including phenoxy) is 4. The first kappa shape index (κ1) is 24.0. The summed E-state index contributed by atoms with van der Waals surface area (Å²) < 4.78 is 22.4. The fourth-order valence-electron chi connectivity index (χ4n) is 3.58. The van der Waals surface area contributed by atoms with Crippen LogP contribution in [-0.4, -0.2) is 19.2 Å². The molecule has 0 amide bonds. The first-order valence-electron chi connectivity index (χ1n) is 10.5. The zero-order chi connectivity index (χ0) is 24.0. The summed E-state index contributed by atoms with van der Waals surface area (Å²) >= 11 is 6.61. The van der Waals surface area contributed by atoms with Gasteiger partial charge in [0.2, 0.25) is 5.88 Å². The van der Waals surface area contributed by atoms with E-state index in [2.05, 4.69) is 6.07 Å². The third kappa shape index (κ3) is 5.24. The van der Waals surface area contributed by atoms with Crippen LogP contribution >= 0.6 is 11.6 Å². The van der Waals surface area contributed by atoms with Crippen LogP contribution < -0.4 is 15.2 Å². The van der Waals surface area contributed by atoms with Crippen molar-refractivity contribution in [3.05, 3.63) is 81.4 Å². The third-order valence-corrected chi connectivity index (χ3v) is 5.27. The van der Waals surface area contributed by atoms with E-state index in [-0.39, 0.29) is 34.4 Å². The van der Waals surface area contributed by atoms with Gasteiger partial charge in [0, 0.05) is 0 Å². The van der Waals surface area contributed by atoms with Crippen LogP contribution in [0, 0.1) is 11.3 Å². The number of esters is 1. The normalized spacial score (nSPS) is 15.5. The number of hydrogen-bond acceptors (Lipinski definition) is 7. The minimum absolute atomic E-state index is 0.0773. The fraction of sp³-hybridized carbons (Fsp3) is 0.280. The molecule has 0 aliphatic carbocycles. The van der Waals surface area contributed by atoms with E-state index < -0.39 is 11.9 Å². The van der Waals surface area contributed by atoms with Gasteiger partial charge >= 0.3 is 5.97 Å². The van der Waals surface area contributed by atoms with Crippen molar-refractivity contribution in [2.45, 2.75) is 33.3 Å². The molecule has 2 aromatic rings. The predicted molar refractivity (Wildman–Crippen MR) is 123 cm³/mol. The van der Waals surface area contributed by atoms with Crippen molar-refractivity contribution < 1.29 is 23.7 Å². The molecule has 0 bridgehead atoms. The van der Waals surface area contributed by atoms with Crippen molar-refractivity contribution >= 4 is 17.6 Å². The van der Waals surface area contributed by atoms with Gasteiger partial charge in [-0.2, -0.15) is 5.26 Å². The SMILES string of the molecule is CCOC(=O)C1=C(C)OC(N)=C(C#N)C1c1cc(Cl)c(OCc2ccccc2)c(OCC)c1. The van der Waals surface area contributed by atoms with E-state index in [9.17, 15) is 10.1 Å². The molecule has 0 aromatic heterocycles. The summed E-state index contributed by atoms with van der Waals surface area (Å²) in [6, 6.07) is 15.0. The molecule has 1 atom stereocenters. The summed E-state index contributed by atoms with van der Waals surface area (Å²) in [5.41, 5.74) is 7.74. The number of nitriles is 1. The standard InChI is InChI=1S/C25H25ClN2O5/c1-4-30-20-12-17(11-19(26)23(20)32-14-16-9-7-6-8-10-16)22-18(13-27)24(28)33-15(3)21(22)25(29)31-5-2/h6-12,22H,4-5,14,28H2,1-3H3. The average molecular weight is 469 g/mol. The van der Waals surface area contributed by atoms with Gasteiger partial charge in [0.05, 0.1) is 29.7 Å². The summed E-state index contributed by atoms with van der Waals surface area (Å²) in [6.07, 6.45) is 0. The maximum absolute atomic E-state index is 12.8. The quantitative estimate of drug-likeness (QED) is 0.546. The van der Waals surface area contributed by atoms with Crippen molar-refractivity contribution in [3.63, 3.8) is 0 Å². The second-order valence-corrected chi connectivity index (χ2v) is 7.56. The van der Waals surface area contributed by atoms with E-state index >= 15 is 0 Å². The minimum Gasteiger partial charge on any atom is -0.490 e. The lowest BCUT2D eigenvalue weighted by Gasteiger charge is -2.27. The van der Waals surface area contributed by atoms with Crippen LogP contribution in [0.25, 0.3) is 0 Å². The van der Waals surface area contributed by atoms with Crippen LogP contribution in [0.2, 0.25) is 5.02 Å². The molecular formula is C25H25ClN2O5. The molecule has 0 saturated carbocycles. The number of nitrogens with two attached hydrogens (primary N) is 1. The summed E-state index contributed by atoms with van der Waals surface area (Å²) in [5.74, 6) is -0.493. The number of halogens is 1. The Hall–Kier alpha value is -3.63. The highest BCUT2D eigenvalue weighted by Crippen LogP contribution is 2.45. The van der Waals surface area contributed by atoms with Gasteiger partial charge in [-0.1, -0.05) is 41.9 Å². The highest BCUT2D eigenvalue weighted by molar-refractivity contribution is 6.32. The monoisotopic (exact) mass is 468 g/mol. The molecule has 1 heterocycles. The number of hydrogen-bond donors (Lipinski definition) is 1. The number of carbonyl (C=O) groups is 1.